The molecule has 0 radical (unpaired) electrons. The third kappa shape index (κ3) is 4.65. The zero-order valence-electron chi connectivity index (χ0n) is 9.42. The van der Waals surface area contributed by atoms with Gasteiger partial charge >= 0.3 is 5.97 Å². The molecule has 0 unspecified atom stereocenters. The summed E-state index contributed by atoms with van der Waals surface area (Å²) in [6.07, 6.45) is 0. The van der Waals surface area contributed by atoms with E-state index in [9.17, 15) is 9.59 Å². The Morgan fingerprint density at radius 1 is 1.36 bits per heavy atom. The maximum absolute atomic E-state index is 11.5. The number of ether oxygens (including phenoxy) is 1. The molecule has 4 heteroatoms. The van der Waals surface area contributed by atoms with Crippen LogP contribution in [-0.4, -0.2) is 23.9 Å². The predicted octanol–water partition coefficient (Wildman–Crippen LogP) is 2.10. The van der Waals surface area contributed by atoms with E-state index < -0.39 is 0 Å². The normalized spacial score (nSPS) is 13.5. The Hall–Kier alpha value is -0.510. The molecular formula is C10H18O3S. The Bertz CT molecular complexity index is 218. The molecule has 0 N–H and O–H groups in total. The maximum Gasteiger partial charge on any atom is 0.309 e. The predicted molar refractivity (Wildman–Crippen MR) is 58.1 cm³/mol. The van der Waals surface area contributed by atoms with Crippen molar-refractivity contribution in [2.75, 3.05) is 12.9 Å². The van der Waals surface area contributed by atoms with E-state index in [1.54, 1.807) is 6.92 Å². The molecule has 0 bridgehead atoms. The lowest BCUT2D eigenvalue weighted by Gasteiger charge is -2.16. The zero-order chi connectivity index (χ0) is 11.4. The number of rotatable bonds is 3. The van der Waals surface area contributed by atoms with Gasteiger partial charge in [-0.15, -0.1) is 0 Å². The second-order valence-corrected chi connectivity index (χ2v) is 5.27. The molecule has 0 heterocycles. The van der Waals surface area contributed by atoms with Gasteiger partial charge in [-0.05, 0) is 0 Å². The molecule has 14 heavy (non-hydrogen) atoms. The smallest absolute Gasteiger partial charge is 0.309 e. The number of esters is 1. The summed E-state index contributed by atoms with van der Waals surface area (Å²) in [4.78, 5) is 22.5. The maximum atomic E-state index is 11.5. The third-order valence-corrected chi connectivity index (χ3v) is 3.22. The molecule has 0 aromatic heterocycles. The van der Waals surface area contributed by atoms with Crippen LogP contribution in [0.2, 0.25) is 0 Å². The first-order valence-corrected chi connectivity index (χ1v) is 5.52. The minimum absolute atomic E-state index is 0.105. The molecular weight excluding hydrogens is 200 g/mol. The number of methoxy groups -OCH3 is 1. The summed E-state index contributed by atoms with van der Waals surface area (Å²) in [6.45, 7) is 7.36. The lowest BCUT2D eigenvalue weighted by molar-refractivity contribution is -0.143. The Morgan fingerprint density at radius 2 is 1.86 bits per heavy atom. The highest BCUT2D eigenvalue weighted by molar-refractivity contribution is 8.13. The lowest BCUT2D eigenvalue weighted by Crippen LogP contribution is -2.20. The van der Waals surface area contributed by atoms with Crippen molar-refractivity contribution in [2.45, 2.75) is 27.7 Å². The Kier molecular flexibility index (Phi) is 5.19. The molecule has 0 spiro atoms. The van der Waals surface area contributed by atoms with E-state index in [-0.39, 0.29) is 22.4 Å². The summed E-state index contributed by atoms with van der Waals surface area (Å²) >= 11 is 1.20. The van der Waals surface area contributed by atoms with Crippen molar-refractivity contribution in [3.63, 3.8) is 0 Å². The van der Waals surface area contributed by atoms with E-state index in [1.165, 1.54) is 18.9 Å². The summed E-state index contributed by atoms with van der Waals surface area (Å²) in [7, 11) is 1.36. The Morgan fingerprint density at radius 3 is 2.21 bits per heavy atom. The second kappa shape index (κ2) is 5.39. The minimum Gasteiger partial charge on any atom is -0.469 e. The molecule has 0 aliphatic rings. The van der Waals surface area contributed by atoms with Crippen LogP contribution in [-0.2, 0) is 14.3 Å². The molecule has 3 nitrogen and oxygen atoms in total. The summed E-state index contributed by atoms with van der Waals surface area (Å²) < 4.78 is 4.57. The van der Waals surface area contributed by atoms with E-state index in [4.69, 9.17) is 0 Å². The molecule has 0 aromatic rings. The molecule has 0 fully saturated rings. The van der Waals surface area contributed by atoms with Gasteiger partial charge < -0.3 is 4.74 Å². The van der Waals surface area contributed by atoms with E-state index in [2.05, 4.69) is 4.74 Å². The van der Waals surface area contributed by atoms with Crippen molar-refractivity contribution in [1.82, 2.24) is 0 Å². The molecule has 0 saturated heterocycles. The average molecular weight is 218 g/mol. The highest BCUT2D eigenvalue weighted by Crippen LogP contribution is 2.24. The fourth-order valence-corrected chi connectivity index (χ4v) is 1.66. The molecule has 0 aromatic carbocycles. The Balaban J connectivity index is 3.96. The summed E-state index contributed by atoms with van der Waals surface area (Å²) in [5.74, 6) is -0.00140. The average Bonchev–Trinajstić information content (AvgIpc) is 2.10. The van der Waals surface area contributed by atoms with Gasteiger partial charge in [-0.25, -0.2) is 0 Å². The molecule has 0 aliphatic carbocycles. The van der Waals surface area contributed by atoms with E-state index in [0.717, 1.165) is 0 Å². The summed E-state index contributed by atoms with van der Waals surface area (Å²) in [5, 5.41) is 0.105. The molecule has 1 atom stereocenters. The van der Waals surface area contributed by atoms with E-state index in [0.29, 0.717) is 5.75 Å². The summed E-state index contributed by atoms with van der Waals surface area (Å²) in [6, 6.07) is 0. The second-order valence-electron chi connectivity index (χ2n) is 4.27. The third-order valence-electron chi connectivity index (χ3n) is 1.68. The van der Waals surface area contributed by atoms with Crippen LogP contribution < -0.4 is 0 Å². The van der Waals surface area contributed by atoms with Crippen molar-refractivity contribution in [3.8, 4) is 0 Å². The Labute approximate surface area is 89.6 Å². The van der Waals surface area contributed by atoms with Crippen molar-refractivity contribution in [3.05, 3.63) is 0 Å². The van der Waals surface area contributed by atoms with Gasteiger partial charge in [0.1, 0.15) is 0 Å². The SMILES string of the molecule is COC(=O)[C@@H](C)CSC(=O)C(C)(C)C. The molecule has 0 aliphatic heterocycles. The number of thioether (sulfide) groups is 1. The monoisotopic (exact) mass is 218 g/mol. The first-order chi connectivity index (χ1) is 6.29. The molecule has 0 saturated carbocycles. The topological polar surface area (TPSA) is 43.4 Å². The van der Waals surface area contributed by atoms with Gasteiger partial charge in [-0.3, -0.25) is 9.59 Å². The van der Waals surface area contributed by atoms with Gasteiger partial charge in [-0.1, -0.05) is 39.5 Å². The fraction of sp³-hybridized carbons (Fsp3) is 0.800. The van der Waals surface area contributed by atoms with E-state index in [1.807, 2.05) is 20.8 Å². The van der Waals surface area contributed by atoms with Crippen molar-refractivity contribution >= 4 is 22.8 Å². The summed E-state index contributed by atoms with van der Waals surface area (Å²) in [5.41, 5.74) is -0.347. The van der Waals surface area contributed by atoms with Gasteiger partial charge in [0, 0.05) is 11.2 Å². The molecule has 0 amide bonds. The van der Waals surface area contributed by atoms with Crippen molar-refractivity contribution < 1.29 is 14.3 Å². The van der Waals surface area contributed by atoms with Crippen LogP contribution in [0.3, 0.4) is 0 Å². The number of hydrogen-bond acceptors (Lipinski definition) is 4. The minimum atomic E-state index is -0.347. The number of hydrogen-bond donors (Lipinski definition) is 0. The molecule has 82 valence electrons. The standard InChI is InChI=1S/C10H18O3S/c1-7(8(11)13-5)6-14-9(12)10(2,3)4/h7H,6H2,1-5H3/t7-/m0/s1. The van der Waals surface area contributed by atoms with Gasteiger partial charge in [0.05, 0.1) is 13.0 Å². The van der Waals surface area contributed by atoms with Crippen LogP contribution >= 0.6 is 11.8 Å². The van der Waals surface area contributed by atoms with Crippen molar-refractivity contribution in [1.29, 1.82) is 0 Å². The first kappa shape index (κ1) is 13.5. The quantitative estimate of drug-likeness (QED) is 0.680. The number of carbonyl (C=O) groups excluding carboxylic acids is 2. The van der Waals surface area contributed by atoms with Gasteiger partial charge in [-0.2, -0.15) is 0 Å². The number of carbonyl (C=O) groups is 2. The van der Waals surface area contributed by atoms with Crippen molar-refractivity contribution in [2.24, 2.45) is 11.3 Å². The van der Waals surface area contributed by atoms with Gasteiger partial charge in [0.25, 0.3) is 0 Å². The highest BCUT2D eigenvalue weighted by atomic mass is 32.2. The molecule has 0 rings (SSSR count). The fourth-order valence-electron chi connectivity index (χ4n) is 0.686. The van der Waals surface area contributed by atoms with Crippen LogP contribution in [0.15, 0.2) is 0 Å². The zero-order valence-corrected chi connectivity index (χ0v) is 10.2. The van der Waals surface area contributed by atoms with Crippen LogP contribution in [0.4, 0.5) is 0 Å². The van der Waals surface area contributed by atoms with Gasteiger partial charge in [0.15, 0.2) is 5.12 Å². The van der Waals surface area contributed by atoms with Crippen LogP contribution in [0, 0.1) is 11.3 Å². The van der Waals surface area contributed by atoms with E-state index >= 15 is 0 Å². The largest absolute Gasteiger partial charge is 0.469 e. The first-order valence-electron chi connectivity index (χ1n) is 4.54. The highest BCUT2D eigenvalue weighted by Gasteiger charge is 2.23. The lowest BCUT2D eigenvalue weighted by atomic mass is 10.00. The van der Waals surface area contributed by atoms with Gasteiger partial charge in [0.2, 0.25) is 0 Å². The van der Waals surface area contributed by atoms with Crippen LogP contribution in [0.25, 0.3) is 0 Å². The van der Waals surface area contributed by atoms with Crippen LogP contribution in [0.5, 0.6) is 0 Å². The van der Waals surface area contributed by atoms with Crippen LogP contribution in [0.1, 0.15) is 27.7 Å².